The molecule has 0 saturated carbocycles. The largest absolute Gasteiger partial charge is 0.449 e. The average Bonchev–Trinajstić information content (AvgIpc) is 3.06. The highest BCUT2D eigenvalue weighted by Gasteiger charge is 2.37. The van der Waals surface area contributed by atoms with Crippen LogP contribution in [0.15, 0.2) is 103 Å². The van der Waals surface area contributed by atoms with Crippen LogP contribution in [0, 0.1) is 12.3 Å². The molecule has 0 spiro atoms. The molecule has 0 atom stereocenters. The molecule has 9 heteroatoms. The maximum atomic E-state index is 12.7. The number of ether oxygens (including phenoxy) is 2. The molecular formula is C35H33ClN2O5S. The van der Waals surface area contributed by atoms with Crippen molar-refractivity contribution in [2.75, 3.05) is 24.2 Å². The van der Waals surface area contributed by atoms with E-state index in [0.29, 0.717) is 17.7 Å². The zero-order valence-corrected chi connectivity index (χ0v) is 25.7. The number of hydrogen-bond donors (Lipinski definition) is 2. The Bertz CT molecular complexity index is 1510. The summed E-state index contributed by atoms with van der Waals surface area (Å²) in [4.78, 5) is 36.2. The second-order valence-electron chi connectivity index (χ2n) is 9.80. The summed E-state index contributed by atoms with van der Waals surface area (Å²) in [6.45, 7) is -0.0102. The van der Waals surface area contributed by atoms with E-state index in [-0.39, 0.29) is 25.3 Å². The minimum absolute atomic E-state index is 0.0571. The number of allylic oxidation sites excluding steroid dienone is 3. The summed E-state index contributed by atoms with van der Waals surface area (Å²) in [6, 6.07) is 25.5. The van der Waals surface area contributed by atoms with Crippen LogP contribution in [0.25, 0.3) is 0 Å². The van der Waals surface area contributed by atoms with Gasteiger partial charge in [0.25, 0.3) is 5.91 Å². The summed E-state index contributed by atoms with van der Waals surface area (Å²) in [7, 11) is 0. The summed E-state index contributed by atoms with van der Waals surface area (Å²) in [5.74, 6) is 2.65. The number of hydrogen-bond acceptors (Lipinski definition) is 6. The topological polar surface area (TPSA) is 93.7 Å². The first kappa shape index (κ1) is 32.5. The van der Waals surface area contributed by atoms with E-state index in [1.165, 1.54) is 34.9 Å². The zero-order chi connectivity index (χ0) is 31.2. The van der Waals surface area contributed by atoms with Crippen molar-refractivity contribution in [3.8, 4) is 12.3 Å². The van der Waals surface area contributed by atoms with E-state index in [1.54, 1.807) is 0 Å². The molecule has 4 rings (SSSR count). The lowest BCUT2D eigenvalue weighted by Crippen LogP contribution is -2.27. The van der Waals surface area contributed by atoms with Crippen LogP contribution < -0.4 is 10.6 Å². The van der Waals surface area contributed by atoms with Crippen molar-refractivity contribution in [3.05, 3.63) is 125 Å². The first-order chi connectivity index (χ1) is 21.4. The monoisotopic (exact) mass is 628 g/mol. The molecule has 0 aromatic heterocycles. The molecule has 2 N–H and O–H groups in total. The predicted molar refractivity (Wildman–Crippen MR) is 176 cm³/mol. The molecule has 1 aliphatic carbocycles. The molecule has 3 aromatic rings. The fraction of sp³-hybridized carbons (Fsp3) is 0.229. The second-order valence-corrected chi connectivity index (χ2v) is 11.4. The Kier molecular flexibility index (Phi) is 12.1. The van der Waals surface area contributed by atoms with Crippen LogP contribution in [-0.2, 0) is 20.8 Å². The first-order valence-corrected chi connectivity index (χ1v) is 15.5. The van der Waals surface area contributed by atoms with Crippen molar-refractivity contribution in [1.29, 1.82) is 0 Å². The summed E-state index contributed by atoms with van der Waals surface area (Å²) in [5.41, 5.74) is 3.57. The Morgan fingerprint density at radius 1 is 0.955 bits per heavy atom. The van der Waals surface area contributed by atoms with Crippen molar-refractivity contribution in [1.82, 2.24) is 5.32 Å². The highest BCUT2D eigenvalue weighted by molar-refractivity contribution is 8.00. The van der Waals surface area contributed by atoms with Crippen molar-refractivity contribution < 1.29 is 23.9 Å². The van der Waals surface area contributed by atoms with E-state index in [4.69, 9.17) is 27.5 Å². The van der Waals surface area contributed by atoms with E-state index in [9.17, 15) is 14.4 Å². The molecule has 7 nitrogen and oxygen atoms in total. The van der Waals surface area contributed by atoms with Gasteiger partial charge < -0.3 is 14.8 Å². The fourth-order valence-corrected chi connectivity index (χ4v) is 6.46. The molecule has 0 saturated heterocycles. The number of carbonyl (C=O) groups excluding carboxylic acids is 3. The van der Waals surface area contributed by atoms with Gasteiger partial charge in [-0.1, -0.05) is 84.8 Å². The zero-order valence-electron chi connectivity index (χ0n) is 24.1. The Hall–Kier alpha value is -4.45. The highest BCUT2D eigenvalue weighted by atomic mass is 35.5. The fourth-order valence-electron chi connectivity index (χ4n) is 4.91. The molecule has 0 radical (unpaired) electrons. The highest BCUT2D eigenvalue weighted by Crippen LogP contribution is 2.50. The molecule has 226 valence electrons. The van der Waals surface area contributed by atoms with Crippen molar-refractivity contribution in [2.24, 2.45) is 0 Å². The molecule has 0 unspecified atom stereocenters. The minimum atomic E-state index is -1.01. The Morgan fingerprint density at radius 2 is 1.66 bits per heavy atom. The molecule has 3 aromatic carbocycles. The van der Waals surface area contributed by atoms with Gasteiger partial charge in [-0.05, 0) is 59.9 Å². The number of amides is 2. The molecule has 0 heterocycles. The van der Waals surface area contributed by atoms with E-state index in [2.05, 4.69) is 83.3 Å². The van der Waals surface area contributed by atoms with Crippen LogP contribution >= 0.6 is 23.4 Å². The molecule has 0 aliphatic heterocycles. The van der Waals surface area contributed by atoms with Gasteiger partial charge in [0.2, 0.25) is 0 Å². The molecule has 1 aliphatic rings. The third-order valence-corrected chi connectivity index (χ3v) is 8.64. The maximum absolute atomic E-state index is 12.7. The minimum Gasteiger partial charge on any atom is -0.449 e. The molecular weight excluding hydrogens is 596 g/mol. The summed E-state index contributed by atoms with van der Waals surface area (Å²) in [6.07, 6.45) is 13.9. The number of rotatable bonds is 13. The number of terminal acetylenes is 1. The van der Waals surface area contributed by atoms with Crippen LogP contribution in [0.1, 0.15) is 46.3 Å². The quantitative estimate of drug-likeness (QED) is 0.114. The number of halogens is 1. The molecule has 0 bridgehead atoms. The number of benzene rings is 3. The first-order valence-electron chi connectivity index (χ1n) is 14.2. The second kappa shape index (κ2) is 16.4. The van der Waals surface area contributed by atoms with Gasteiger partial charge in [-0.3, -0.25) is 10.1 Å². The van der Waals surface area contributed by atoms with Gasteiger partial charge in [0.05, 0.1) is 23.6 Å². The number of thioether (sulfide) groups is 1. The van der Waals surface area contributed by atoms with Gasteiger partial charge >= 0.3 is 11.5 Å². The van der Waals surface area contributed by atoms with Crippen LogP contribution in [0.5, 0.6) is 0 Å². The van der Waals surface area contributed by atoms with E-state index >= 15 is 0 Å². The number of anilines is 1. The van der Waals surface area contributed by atoms with Gasteiger partial charge in [-0.15, -0.1) is 18.2 Å². The molecule has 0 fully saturated rings. The summed E-state index contributed by atoms with van der Waals surface area (Å²) in [5, 5.41) is 5.23. The molecule has 2 amide bonds. The van der Waals surface area contributed by atoms with Crippen LogP contribution in [0.4, 0.5) is 15.3 Å². The summed E-state index contributed by atoms with van der Waals surface area (Å²) < 4.78 is 9.98. The predicted octanol–water partition coefficient (Wildman–Crippen LogP) is 7.82. The number of carbonyl (C=O) groups is 3. The van der Waals surface area contributed by atoms with E-state index in [0.717, 1.165) is 18.6 Å². The smallest absolute Gasteiger partial charge is 0.411 e. The molecule has 44 heavy (non-hydrogen) atoms. The van der Waals surface area contributed by atoms with Crippen LogP contribution in [0.3, 0.4) is 0 Å². The lowest BCUT2D eigenvalue weighted by molar-refractivity contribution is 0.0958. The average molecular weight is 629 g/mol. The maximum Gasteiger partial charge on any atom is 0.411 e. The van der Waals surface area contributed by atoms with Gasteiger partial charge in [0.1, 0.15) is 6.61 Å². The third-order valence-electron chi connectivity index (χ3n) is 6.90. The SMILES string of the molecule is C#CCNC(=O)c1ccc(NC(=O)OCCCSC(C2=CCCC=C2)(c2ccccc2)c2ccccc2)c(COC(=O)Cl)c1. The van der Waals surface area contributed by atoms with Gasteiger partial charge in [-0.2, -0.15) is 0 Å². The van der Waals surface area contributed by atoms with Crippen molar-refractivity contribution >= 4 is 46.5 Å². The van der Waals surface area contributed by atoms with E-state index in [1.807, 2.05) is 23.9 Å². The number of nitrogens with one attached hydrogen (secondary N) is 2. The summed E-state index contributed by atoms with van der Waals surface area (Å²) >= 11 is 7.15. The standard InChI is InChI=1S/C35H33ClN2O5S/c1-2-21-37-32(39)26-19-20-31(27(24-26)25-43-33(36)40)38-34(41)42-22-12-23-44-35(28-13-6-3-7-14-28,29-15-8-4-9-16-29)30-17-10-5-11-18-30/h1,3-4,6-10,13-20,24H,5,11-12,21-23,25H2,(H,37,39)(H,38,41). The Morgan fingerprint density at radius 3 is 2.27 bits per heavy atom. The van der Waals surface area contributed by atoms with Crippen molar-refractivity contribution in [3.63, 3.8) is 0 Å². The van der Waals surface area contributed by atoms with E-state index < -0.39 is 22.2 Å². The van der Waals surface area contributed by atoms with Gasteiger partial charge in [-0.25, -0.2) is 9.59 Å². The van der Waals surface area contributed by atoms with Crippen molar-refractivity contribution in [2.45, 2.75) is 30.6 Å². The van der Waals surface area contributed by atoms with Crippen LogP contribution in [0.2, 0.25) is 0 Å². The van der Waals surface area contributed by atoms with Crippen LogP contribution in [-0.4, -0.2) is 36.3 Å². The normalized spacial score (nSPS) is 12.4. The third kappa shape index (κ3) is 8.56. The lowest BCUT2D eigenvalue weighted by atomic mass is 9.81. The Labute approximate surface area is 267 Å². The Balaban J connectivity index is 1.42. The lowest BCUT2D eigenvalue weighted by Gasteiger charge is -2.37. The van der Waals surface area contributed by atoms with Gasteiger partial charge in [0, 0.05) is 22.7 Å². The van der Waals surface area contributed by atoms with Gasteiger partial charge in [0.15, 0.2) is 0 Å².